The lowest BCUT2D eigenvalue weighted by Gasteiger charge is -2.33. The van der Waals surface area contributed by atoms with Crippen molar-refractivity contribution < 1.29 is 29.4 Å². The van der Waals surface area contributed by atoms with Gasteiger partial charge in [0.05, 0.1) is 11.8 Å². The maximum absolute atomic E-state index is 13.9. The highest BCUT2D eigenvalue weighted by Crippen LogP contribution is 2.31. The zero-order valence-corrected chi connectivity index (χ0v) is 24.8. The predicted octanol–water partition coefficient (Wildman–Crippen LogP) is 5.81. The van der Waals surface area contributed by atoms with Gasteiger partial charge in [-0.2, -0.15) is 0 Å². The normalized spacial score (nSPS) is 12.9. The summed E-state index contributed by atoms with van der Waals surface area (Å²) in [6.07, 6.45) is -0.667. The molecule has 0 bridgehead atoms. The standard InChI is InChI=1S/C35H34N2O6S/c38-30(39)21-22-35(34(42)43,36-29-19-11-4-12-20-29)37-32(40)28(23-25-13-5-1-6-14-25)24-44-33(41)31(26-15-7-2-8-16-26)27-17-9-3-10-18-27/h1-20,28,31,36H,21-24H2,(H,37,40)(H,38,39)(H,42,43)/t28?,35-/m0/s1. The first-order valence-electron chi connectivity index (χ1n) is 14.2. The van der Waals surface area contributed by atoms with Crippen LogP contribution in [0.2, 0.25) is 0 Å². The summed E-state index contributed by atoms with van der Waals surface area (Å²) in [6, 6.07) is 36.5. The van der Waals surface area contributed by atoms with Crippen molar-refractivity contribution in [3.63, 3.8) is 0 Å². The molecule has 4 aromatic carbocycles. The molecule has 0 radical (unpaired) electrons. The van der Waals surface area contributed by atoms with Gasteiger partial charge in [-0.05, 0) is 35.2 Å². The fraction of sp³-hybridized carbons (Fsp3) is 0.200. The predicted molar refractivity (Wildman–Crippen MR) is 171 cm³/mol. The van der Waals surface area contributed by atoms with Crippen LogP contribution in [0, 0.1) is 5.92 Å². The van der Waals surface area contributed by atoms with Gasteiger partial charge < -0.3 is 20.8 Å². The molecule has 0 aliphatic carbocycles. The number of carboxylic acids is 2. The van der Waals surface area contributed by atoms with Crippen molar-refractivity contribution in [2.45, 2.75) is 30.8 Å². The van der Waals surface area contributed by atoms with Gasteiger partial charge in [-0.15, -0.1) is 0 Å². The summed E-state index contributed by atoms with van der Waals surface area (Å²) in [5, 5.41) is 25.0. The van der Waals surface area contributed by atoms with Crippen LogP contribution in [0.4, 0.5) is 5.69 Å². The molecule has 44 heavy (non-hydrogen) atoms. The van der Waals surface area contributed by atoms with Crippen LogP contribution in [0.3, 0.4) is 0 Å². The van der Waals surface area contributed by atoms with E-state index in [1.54, 1.807) is 30.3 Å². The third-order valence-electron chi connectivity index (χ3n) is 7.17. The number of anilines is 1. The second kappa shape index (κ2) is 15.5. The number of carbonyl (C=O) groups is 4. The number of hydrogen-bond acceptors (Lipinski definition) is 6. The lowest BCUT2D eigenvalue weighted by Crippen LogP contribution is -2.61. The van der Waals surface area contributed by atoms with Gasteiger partial charge >= 0.3 is 11.9 Å². The highest BCUT2D eigenvalue weighted by molar-refractivity contribution is 8.13. The maximum atomic E-state index is 13.9. The van der Waals surface area contributed by atoms with E-state index in [1.807, 2.05) is 91.0 Å². The van der Waals surface area contributed by atoms with Crippen molar-refractivity contribution in [3.05, 3.63) is 138 Å². The minimum atomic E-state index is -2.10. The highest BCUT2D eigenvalue weighted by Gasteiger charge is 2.42. The Labute approximate surface area is 260 Å². The molecule has 226 valence electrons. The molecule has 1 amide bonds. The van der Waals surface area contributed by atoms with Crippen LogP contribution in [-0.2, 0) is 25.6 Å². The summed E-state index contributed by atoms with van der Waals surface area (Å²) in [6.45, 7) is 0. The molecule has 9 heteroatoms. The molecule has 0 saturated carbocycles. The molecule has 0 saturated heterocycles. The lowest BCUT2D eigenvalue weighted by molar-refractivity contribution is -0.148. The number of amides is 1. The molecule has 0 fully saturated rings. The minimum absolute atomic E-state index is 0.0791. The molecule has 8 nitrogen and oxygen atoms in total. The van der Waals surface area contributed by atoms with Gasteiger partial charge in [0.15, 0.2) is 0 Å². The summed E-state index contributed by atoms with van der Waals surface area (Å²) in [7, 11) is 0. The SMILES string of the molecule is O=C(O)CC[C@@](NC(=O)C(CSC(=O)C(c1ccccc1)c1ccccc1)Cc1ccccc1)(Nc1ccccc1)C(=O)O. The van der Waals surface area contributed by atoms with Crippen LogP contribution < -0.4 is 10.6 Å². The van der Waals surface area contributed by atoms with Gasteiger partial charge in [0, 0.05) is 24.3 Å². The zero-order valence-electron chi connectivity index (χ0n) is 24.0. The van der Waals surface area contributed by atoms with Gasteiger partial charge in [0.25, 0.3) is 0 Å². The molecule has 0 aliphatic rings. The second-order valence-electron chi connectivity index (χ2n) is 10.4. The van der Waals surface area contributed by atoms with Crippen molar-refractivity contribution in [1.29, 1.82) is 0 Å². The van der Waals surface area contributed by atoms with Crippen LogP contribution in [-0.4, -0.2) is 44.6 Å². The first-order chi connectivity index (χ1) is 21.3. The average molecular weight is 611 g/mol. The van der Waals surface area contributed by atoms with E-state index in [0.29, 0.717) is 5.69 Å². The summed E-state index contributed by atoms with van der Waals surface area (Å²) >= 11 is 1.02. The molecule has 4 N–H and O–H groups in total. The van der Waals surface area contributed by atoms with Crippen molar-refractivity contribution in [3.8, 4) is 0 Å². The van der Waals surface area contributed by atoms with Crippen LogP contribution in [0.5, 0.6) is 0 Å². The number of para-hydroxylation sites is 1. The Morgan fingerprint density at radius 1 is 0.705 bits per heavy atom. The number of thioether (sulfide) groups is 1. The molecule has 0 aliphatic heterocycles. The average Bonchev–Trinajstić information content (AvgIpc) is 3.04. The Hall–Kier alpha value is -4.89. The van der Waals surface area contributed by atoms with Crippen molar-refractivity contribution in [2.24, 2.45) is 5.92 Å². The van der Waals surface area contributed by atoms with E-state index in [9.17, 15) is 29.4 Å². The van der Waals surface area contributed by atoms with E-state index in [2.05, 4.69) is 10.6 Å². The summed E-state index contributed by atoms with van der Waals surface area (Å²) < 4.78 is 0. The van der Waals surface area contributed by atoms with Crippen LogP contribution in [0.1, 0.15) is 35.4 Å². The second-order valence-corrected chi connectivity index (χ2v) is 11.4. The van der Waals surface area contributed by atoms with Gasteiger partial charge in [0.1, 0.15) is 0 Å². The Morgan fingerprint density at radius 3 is 1.70 bits per heavy atom. The summed E-state index contributed by atoms with van der Waals surface area (Å²) in [4.78, 5) is 51.9. The quantitative estimate of drug-likeness (QED) is 0.124. The Morgan fingerprint density at radius 2 is 1.20 bits per heavy atom. The largest absolute Gasteiger partial charge is 0.481 e. The lowest BCUT2D eigenvalue weighted by atomic mass is 9.92. The van der Waals surface area contributed by atoms with Crippen LogP contribution >= 0.6 is 11.8 Å². The van der Waals surface area contributed by atoms with Crippen molar-refractivity contribution in [1.82, 2.24) is 5.32 Å². The number of hydrogen-bond donors (Lipinski definition) is 4. The number of benzene rings is 4. The van der Waals surface area contributed by atoms with E-state index in [-0.39, 0.29) is 17.3 Å². The number of carboxylic acid groups (broad SMARTS) is 2. The zero-order chi connectivity index (χ0) is 31.4. The third-order valence-corrected chi connectivity index (χ3v) is 8.26. The van der Waals surface area contributed by atoms with Gasteiger partial charge in [0.2, 0.25) is 16.7 Å². The molecule has 0 spiro atoms. The molecule has 4 aromatic rings. The van der Waals surface area contributed by atoms with E-state index in [1.165, 1.54) is 0 Å². The number of carbonyl (C=O) groups excluding carboxylic acids is 2. The summed E-state index contributed by atoms with van der Waals surface area (Å²) in [5.41, 5.74) is 0.790. The van der Waals surface area contributed by atoms with Gasteiger partial charge in [-0.25, -0.2) is 4.79 Å². The third kappa shape index (κ3) is 8.81. The Bertz CT molecular complexity index is 1500. The molecular weight excluding hydrogens is 576 g/mol. The number of rotatable bonds is 15. The Balaban J connectivity index is 1.62. The summed E-state index contributed by atoms with van der Waals surface area (Å²) in [5.74, 6) is -4.52. The monoisotopic (exact) mass is 610 g/mol. The molecular formula is C35H34N2O6S. The van der Waals surface area contributed by atoms with Crippen molar-refractivity contribution in [2.75, 3.05) is 11.1 Å². The number of nitrogens with one attached hydrogen (secondary N) is 2. The Kier molecular flexibility index (Phi) is 11.3. The van der Waals surface area contributed by atoms with E-state index < -0.39 is 48.2 Å². The van der Waals surface area contributed by atoms with E-state index >= 15 is 0 Å². The maximum Gasteiger partial charge on any atom is 0.350 e. The van der Waals surface area contributed by atoms with Crippen LogP contribution in [0.15, 0.2) is 121 Å². The van der Waals surface area contributed by atoms with E-state index in [4.69, 9.17) is 0 Å². The van der Waals surface area contributed by atoms with Crippen LogP contribution in [0.25, 0.3) is 0 Å². The highest BCUT2D eigenvalue weighted by atomic mass is 32.2. The topological polar surface area (TPSA) is 133 Å². The van der Waals surface area contributed by atoms with Gasteiger partial charge in [-0.1, -0.05) is 121 Å². The van der Waals surface area contributed by atoms with Crippen molar-refractivity contribution >= 4 is 40.4 Å². The van der Waals surface area contributed by atoms with E-state index in [0.717, 1.165) is 28.5 Å². The minimum Gasteiger partial charge on any atom is -0.481 e. The molecule has 2 atom stereocenters. The molecule has 4 rings (SSSR count). The first-order valence-corrected chi connectivity index (χ1v) is 15.2. The fourth-order valence-corrected chi connectivity index (χ4v) is 5.97. The molecule has 1 unspecified atom stereocenters. The first kappa shape index (κ1) is 32.0. The fourth-order valence-electron chi connectivity index (χ4n) is 4.89. The molecule has 0 heterocycles. The van der Waals surface area contributed by atoms with Gasteiger partial charge in [-0.3, -0.25) is 14.4 Å². The smallest absolute Gasteiger partial charge is 0.350 e. The number of aliphatic carboxylic acids is 2. The molecule has 0 aromatic heterocycles.